The number of aryl methyl sites for hydroxylation is 2. The molecule has 1 atom stereocenters. The summed E-state index contributed by atoms with van der Waals surface area (Å²) >= 11 is 0. The lowest BCUT2D eigenvalue weighted by Gasteiger charge is -2.17. The summed E-state index contributed by atoms with van der Waals surface area (Å²) in [6, 6.07) is 7.87. The highest BCUT2D eigenvalue weighted by Gasteiger charge is 2.11. The lowest BCUT2D eigenvalue weighted by atomic mass is 10.1. The Morgan fingerprint density at radius 2 is 1.57 bits per heavy atom. The Kier molecular flexibility index (Phi) is 4.62. The number of hydrogen-bond acceptors (Lipinski definition) is 5. The van der Waals surface area contributed by atoms with Crippen LogP contribution in [0.3, 0.4) is 0 Å². The molecule has 0 bridgehead atoms. The second-order valence-electron chi connectivity index (χ2n) is 4.95. The third kappa shape index (κ3) is 3.62. The smallest absolute Gasteiger partial charge is 0.223 e. The van der Waals surface area contributed by atoms with E-state index in [1.807, 2.05) is 38.1 Å². The zero-order chi connectivity index (χ0) is 15.4. The predicted octanol–water partition coefficient (Wildman–Crippen LogP) is 3.28. The first-order valence-electron chi connectivity index (χ1n) is 6.84. The Balaban J connectivity index is 2.21. The maximum Gasteiger partial charge on any atom is 0.223 e. The van der Waals surface area contributed by atoms with Crippen molar-refractivity contribution in [2.24, 2.45) is 0 Å². The van der Waals surface area contributed by atoms with E-state index < -0.39 is 0 Å². The molecule has 21 heavy (non-hydrogen) atoms. The molecule has 1 aromatic carbocycles. The Morgan fingerprint density at radius 1 is 0.952 bits per heavy atom. The van der Waals surface area contributed by atoms with Crippen LogP contribution in [0, 0.1) is 13.8 Å². The van der Waals surface area contributed by atoms with Gasteiger partial charge < -0.3 is 14.8 Å². The molecule has 0 aliphatic carbocycles. The molecule has 0 spiro atoms. The second kappa shape index (κ2) is 6.43. The quantitative estimate of drug-likeness (QED) is 0.914. The molecule has 0 aliphatic heterocycles. The molecule has 2 rings (SSSR count). The average Bonchev–Trinajstić information content (AvgIpc) is 2.45. The van der Waals surface area contributed by atoms with E-state index in [1.165, 1.54) is 0 Å². The van der Waals surface area contributed by atoms with E-state index in [2.05, 4.69) is 22.2 Å². The Labute approximate surface area is 125 Å². The number of aromatic nitrogens is 2. The molecule has 0 saturated heterocycles. The van der Waals surface area contributed by atoms with E-state index in [0.29, 0.717) is 11.7 Å². The van der Waals surface area contributed by atoms with Crippen molar-refractivity contribution in [3.63, 3.8) is 0 Å². The fourth-order valence-corrected chi connectivity index (χ4v) is 2.19. The van der Waals surface area contributed by atoms with E-state index in [-0.39, 0.29) is 6.04 Å². The highest BCUT2D eigenvalue weighted by Crippen LogP contribution is 2.30. The van der Waals surface area contributed by atoms with Crippen molar-refractivity contribution in [3.05, 3.63) is 41.2 Å². The van der Waals surface area contributed by atoms with E-state index in [0.717, 1.165) is 22.7 Å². The number of nitrogens with zero attached hydrogens (tertiary/aromatic N) is 2. The molecule has 0 aliphatic rings. The number of nitrogens with one attached hydrogen (secondary N) is 1. The van der Waals surface area contributed by atoms with Gasteiger partial charge in [0, 0.05) is 11.4 Å². The van der Waals surface area contributed by atoms with Gasteiger partial charge in [0.15, 0.2) is 11.5 Å². The van der Waals surface area contributed by atoms with Crippen LogP contribution in [-0.4, -0.2) is 24.2 Å². The van der Waals surface area contributed by atoms with Gasteiger partial charge in [-0.25, -0.2) is 9.97 Å². The molecule has 0 unspecified atom stereocenters. The van der Waals surface area contributed by atoms with Crippen LogP contribution in [0.15, 0.2) is 24.3 Å². The number of anilines is 1. The summed E-state index contributed by atoms with van der Waals surface area (Å²) < 4.78 is 10.6. The van der Waals surface area contributed by atoms with Crippen LogP contribution in [-0.2, 0) is 0 Å². The topological polar surface area (TPSA) is 56.3 Å². The van der Waals surface area contributed by atoms with Crippen molar-refractivity contribution >= 4 is 5.95 Å². The van der Waals surface area contributed by atoms with Crippen LogP contribution in [0.25, 0.3) is 0 Å². The Bertz CT molecular complexity index is 609. The average molecular weight is 287 g/mol. The van der Waals surface area contributed by atoms with Crippen LogP contribution in [0.5, 0.6) is 11.5 Å². The molecule has 1 heterocycles. The van der Waals surface area contributed by atoms with Gasteiger partial charge >= 0.3 is 0 Å². The van der Waals surface area contributed by atoms with Crippen LogP contribution < -0.4 is 14.8 Å². The Morgan fingerprint density at radius 3 is 2.14 bits per heavy atom. The molecule has 2 aromatic rings. The zero-order valence-electron chi connectivity index (χ0n) is 13.1. The van der Waals surface area contributed by atoms with Gasteiger partial charge in [0.2, 0.25) is 5.95 Å². The molecule has 0 radical (unpaired) electrons. The highest BCUT2D eigenvalue weighted by atomic mass is 16.5. The molecule has 1 N–H and O–H groups in total. The minimum absolute atomic E-state index is 0.0611. The van der Waals surface area contributed by atoms with Crippen molar-refractivity contribution in [1.29, 1.82) is 0 Å². The van der Waals surface area contributed by atoms with E-state index in [1.54, 1.807) is 14.2 Å². The lowest BCUT2D eigenvalue weighted by molar-refractivity contribution is 0.354. The molecular weight excluding hydrogens is 266 g/mol. The standard InChI is InChI=1S/C16H21N3O2/c1-10-8-11(2)18-16(17-10)19-12(3)13-6-7-14(20-4)15(9-13)21-5/h6-9,12H,1-5H3,(H,17,18,19)/t12-/m0/s1. The minimum atomic E-state index is 0.0611. The van der Waals surface area contributed by atoms with Gasteiger partial charge in [0.1, 0.15) is 0 Å². The second-order valence-corrected chi connectivity index (χ2v) is 4.95. The number of hydrogen-bond donors (Lipinski definition) is 1. The predicted molar refractivity (Wildman–Crippen MR) is 83.1 cm³/mol. The number of benzene rings is 1. The van der Waals surface area contributed by atoms with Crippen LogP contribution >= 0.6 is 0 Å². The fraction of sp³-hybridized carbons (Fsp3) is 0.375. The number of methoxy groups -OCH3 is 2. The van der Waals surface area contributed by atoms with Gasteiger partial charge in [-0.1, -0.05) is 6.07 Å². The van der Waals surface area contributed by atoms with E-state index in [9.17, 15) is 0 Å². The SMILES string of the molecule is COc1ccc([C@H](C)Nc2nc(C)cc(C)n2)cc1OC. The zero-order valence-corrected chi connectivity index (χ0v) is 13.1. The first-order chi connectivity index (χ1) is 10.0. The van der Waals surface area contributed by atoms with Crippen LogP contribution in [0.2, 0.25) is 0 Å². The number of ether oxygens (including phenoxy) is 2. The molecule has 0 amide bonds. The maximum absolute atomic E-state index is 5.33. The van der Waals surface area contributed by atoms with Gasteiger partial charge in [0.25, 0.3) is 0 Å². The monoisotopic (exact) mass is 287 g/mol. The fourth-order valence-electron chi connectivity index (χ4n) is 2.19. The van der Waals surface area contributed by atoms with Gasteiger partial charge in [0.05, 0.1) is 20.3 Å². The summed E-state index contributed by atoms with van der Waals surface area (Å²) in [6.45, 7) is 5.98. The molecule has 0 saturated carbocycles. The summed E-state index contributed by atoms with van der Waals surface area (Å²) in [4.78, 5) is 8.80. The van der Waals surface area contributed by atoms with Gasteiger partial charge in [-0.2, -0.15) is 0 Å². The van der Waals surface area contributed by atoms with Crippen molar-refractivity contribution in [1.82, 2.24) is 9.97 Å². The number of rotatable bonds is 5. The first kappa shape index (κ1) is 15.1. The van der Waals surface area contributed by atoms with Crippen molar-refractivity contribution in [2.45, 2.75) is 26.8 Å². The normalized spacial score (nSPS) is 11.9. The van der Waals surface area contributed by atoms with E-state index in [4.69, 9.17) is 9.47 Å². The van der Waals surface area contributed by atoms with Crippen molar-refractivity contribution in [2.75, 3.05) is 19.5 Å². The van der Waals surface area contributed by atoms with Gasteiger partial charge in [-0.3, -0.25) is 0 Å². The molecule has 5 heteroatoms. The van der Waals surface area contributed by atoms with Gasteiger partial charge in [-0.15, -0.1) is 0 Å². The summed E-state index contributed by atoms with van der Waals surface area (Å²) in [5, 5.41) is 3.31. The lowest BCUT2D eigenvalue weighted by Crippen LogP contribution is -2.10. The minimum Gasteiger partial charge on any atom is -0.493 e. The molecule has 1 aromatic heterocycles. The summed E-state index contributed by atoms with van der Waals surface area (Å²) in [6.07, 6.45) is 0. The summed E-state index contributed by atoms with van der Waals surface area (Å²) in [7, 11) is 3.26. The van der Waals surface area contributed by atoms with Gasteiger partial charge in [-0.05, 0) is 44.5 Å². The van der Waals surface area contributed by atoms with Crippen LogP contribution in [0.1, 0.15) is 29.9 Å². The van der Waals surface area contributed by atoms with Crippen molar-refractivity contribution < 1.29 is 9.47 Å². The third-order valence-electron chi connectivity index (χ3n) is 3.24. The first-order valence-corrected chi connectivity index (χ1v) is 6.84. The third-order valence-corrected chi connectivity index (χ3v) is 3.24. The summed E-state index contributed by atoms with van der Waals surface area (Å²) in [5.74, 6) is 2.07. The van der Waals surface area contributed by atoms with Crippen molar-refractivity contribution in [3.8, 4) is 11.5 Å². The van der Waals surface area contributed by atoms with E-state index >= 15 is 0 Å². The molecule has 112 valence electrons. The highest BCUT2D eigenvalue weighted by molar-refractivity contribution is 5.45. The largest absolute Gasteiger partial charge is 0.493 e. The maximum atomic E-state index is 5.33. The summed E-state index contributed by atoms with van der Waals surface area (Å²) in [5.41, 5.74) is 2.98. The molecule has 0 fully saturated rings. The molecule has 5 nitrogen and oxygen atoms in total. The molecular formula is C16H21N3O2. The Hall–Kier alpha value is -2.30. The van der Waals surface area contributed by atoms with Crippen LogP contribution in [0.4, 0.5) is 5.95 Å².